The Balaban J connectivity index is 0. The second-order valence-electron chi connectivity index (χ2n) is 3.06. The van der Waals surface area contributed by atoms with Crippen molar-refractivity contribution in [3.63, 3.8) is 0 Å². The molecule has 4 heteroatoms. The fourth-order valence-electron chi connectivity index (χ4n) is 0.818. The van der Waals surface area contributed by atoms with Crippen LogP contribution in [0.4, 0.5) is 0 Å². The Hall–Kier alpha value is -0.310. The van der Waals surface area contributed by atoms with Crippen LogP contribution in [0.1, 0.15) is 47.1 Å². The summed E-state index contributed by atoms with van der Waals surface area (Å²) in [5, 5.41) is 10.2. The van der Waals surface area contributed by atoms with Gasteiger partial charge in [-0.3, -0.25) is 0 Å². The molecule has 0 saturated carbocycles. The smallest absolute Gasteiger partial charge is 0.131 e. The molecule has 16 heavy (non-hydrogen) atoms. The molecule has 0 atom stereocenters. The van der Waals surface area contributed by atoms with Gasteiger partial charge in [-0.1, -0.05) is 50.9 Å². The summed E-state index contributed by atoms with van der Waals surface area (Å²) in [6, 6.07) is 3.18. The molecule has 1 aromatic heterocycles. The van der Waals surface area contributed by atoms with Crippen molar-refractivity contribution < 1.29 is 5.11 Å². The fourth-order valence-corrected chi connectivity index (χ4v) is 1.28. The van der Waals surface area contributed by atoms with Gasteiger partial charge in [0.15, 0.2) is 0 Å². The topological polar surface area (TPSA) is 33.1 Å². The van der Waals surface area contributed by atoms with E-state index in [1.54, 1.807) is 26.0 Å². The summed E-state index contributed by atoms with van der Waals surface area (Å²) in [6.07, 6.45) is 0. The second kappa shape index (κ2) is 8.80. The Labute approximate surface area is 109 Å². The molecule has 0 amide bonds. The van der Waals surface area contributed by atoms with Crippen molar-refractivity contribution in [1.82, 2.24) is 4.98 Å². The van der Waals surface area contributed by atoms with Crippen molar-refractivity contribution in [3.05, 3.63) is 28.0 Å². The van der Waals surface area contributed by atoms with E-state index in [1.165, 1.54) is 0 Å². The monoisotopic (exact) mass is 265 g/mol. The summed E-state index contributed by atoms with van der Waals surface area (Å²) in [6.45, 7) is 11.3. The van der Waals surface area contributed by atoms with Gasteiger partial charge < -0.3 is 5.11 Å². The molecule has 0 aliphatic rings. The van der Waals surface area contributed by atoms with Gasteiger partial charge >= 0.3 is 0 Å². The third kappa shape index (κ3) is 7.04. The molecular weight excluding hydrogens is 245 g/mol. The third-order valence-electron chi connectivity index (χ3n) is 1.47. The average molecular weight is 266 g/mol. The van der Waals surface area contributed by atoms with Crippen molar-refractivity contribution in [2.75, 3.05) is 0 Å². The Morgan fingerprint density at radius 3 is 1.56 bits per heavy atom. The molecular formula is C12H21Cl2NO. The van der Waals surface area contributed by atoms with E-state index in [2.05, 4.69) is 4.98 Å². The molecule has 0 radical (unpaired) electrons. The second-order valence-corrected chi connectivity index (χ2v) is 3.83. The zero-order valence-corrected chi connectivity index (χ0v) is 12.3. The highest BCUT2D eigenvalue weighted by molar-refractivity contribution is 6.32. The van der Waals surface area contributed by atoms with Crippen LogP contribution >= 0.6 is 23.2 Å². The van der Waals surface area contributed by atoms with E-state index >= 15 is 0 Å². The molecule has 0 fully saturated rings. The number of aliphatic hydroxyl groups is 1. The standard InChI is InChI=1S/C8H9Cl2NO.2C2H6/c1-8(2,12)5-3-6(9)11-7(10)4-5;2*1-2/h3-4,12H,1-2H3;2*1-2H3. The predicted molar refractivity (Wildman–Crippen MR) is 72.2 cm³/mol. The maximum atomic E-state index is 9.59. The molecule has 0 bridgehead atoms. The molecule has 1 aromatic rings. The van der Waals surface area contributed by atoms with Gasteiger partial charge in [-0.05, 0) is 31.5 Å². The summed E-state index contributed by atoms with van der Waals surface area (Å²) >= 11 is 11.3. The SMILES string of the molecule is CC.CC.CC(C)(O)c1cc(Cl)nc(Cl)c1. The van der Waals surface area contributed by atoms with Crippen LogP contribution in [0.3, 0.4) is 0 Å². The largest absolute Gasteiger partial charge is 0.386 e. The zero-order chi connectivity index (χ0) is 13.4. The Morgan fingerprint density at radius 1 is 1.00 bits per heavy atom. The molecule has 0 spiro atoms. The molecule has 2 nitrogen and oxygen atoms in total. The number of nitrogens with zero attached hydrogens (tertiary/aromatic N) is 1. The molecule has 94 valence electrons. The van der Waals surface area contributed by atoms with Crippen LogP contribution in [-0.4, -0.2) is 10.1 Å². The van der Waals surface area contributed by atoms with Crippen molar-refractivity contribution in [2.24, 2.45) is 0 Å². The Bertz CT molecular complexity index is 275. The maximum absolute atomic E-state index is 9.59. The minimum Gasteiger partial charge on any atom is -0.386 e. The van der Waals surface area contributed by atoms with E-state index in [9.17, 15) is 5.11 Å². The first kappa shape index (κ1) is 18.1. The molecule has 1 N–H and O–H groups in total. The Morgan fingerprint density at radius 2 is 1.31 bits per heavy atom. The lowest BCUT2D eigenvalue weighted by Gasteiger charge is -2.17. The normalized spacial score (nSPS) is 9.56. The van der Waals surface area contributed by atoms with Crippen LogP contribution < -0.4 is 0 Å². The number of hydrogen-bond acceptors (Lipinski definition) is 2. The van der Waals surface area contributed by atoms with Crippen LogP contribution in [0.2, 0.25) is 10.3 Å². The van der Waals surface area contributed by atoms with E-state index in [0.29, 0.717) is 15.9 Å². The summed E-state index contributed by atoms with van der Waals surface area (Å²) in [4.78, 5) is 3.77. The minimum atomic E-state index is -0.934. The molecule has 0 unspecified atom stereocenters. The number of rotatable bonds is 1. The fraction of sp³-hybridized carbons (Fsp3) is 0.583. The predicted octanol–water partition coefficient (Wildman–Crippen LogP) is 4.67. The van der Waals surface area contributed by atoms with Gasteiger partial charge in [-0.2, -0.15) is 0 Å². The van der Waals surface area contributed by atoms with Crippen molar-refractivity contribution >= 4 is 23.2 Å². The van der Waals surface area contributed by atoms with Crippen LogP contribution in [0.25, 0.3) is 0 Å². The molecule has 1 rings (SSSR count). The number of pyridine rings is 1. The highest BCUT2D eigenvalue weighted by Crippen LogP contribution is 2.24. The van der Waals surface area contributed by atoms with E-state index < -0.39 is 5.60 Å². The lowest BCUT2D eigenvalue weighted by molar-refractivity contribution is 0.0785. The molecule has 0 aliphatic heterocycles. The van der Waals surface area contributed by atoms with Crippen LogP contribution in [-0.2, 0) is 5.60 Å². The number of aromatic nitrogens is 1. The van der Waals surface area contributed by atoms with Gasteiger partial charge in [0.25, 0.3) is 0 Å². The summed E-state index contributed by atoms with van der Waals surface area (Å²) in [5.74, 6) is 0. The van der Waals surface area contributed by atoms with Gasteiger partial charge in [-0.25, -0.2) is 4.98 Å². The van der Waals surface area contributed by atoms with Crippen molar-refractivity contribution in [1.29, 1.82) is 0 Å². The van der Waals surface area contributed by atoms with Crippen LogP contribution in [0.15, 0.2) is 12.1 Å². The van der Waals surface area contributed by atoms with Gasteiger partial charge in [-0.15, -0.1) is 0 Å². The summed E-state index contributed by atoms with van der Waals surface area (Å²) < 4.78 is 0. The zero-order valence-electron chi connectivity index (χ0n) is 10.8. The minimum absolute atomic E-state index is 0.291. The maximum Gasteiger partial charge on any atom is 0.131 e. The van der Waals surface area contributed by atoms with E-state index in [0.717, 1.165) is 0 Å². The summed E-state index contributed by atoms with van der Waals surface area (Å²) in [5.41, 5.74) is -0.275. The molecule has 0 aliphatic carbocycles. The van der Waals surface area contributed by atoms with E-state index in [4.69, 9.17) is 23.2 Å². The van der Waals surface area contributed by atoms with Gasteiger partial charge in [0, 0.05) is 0 Å². The van der Waals surface area contributed by atoms with E-state index in [1.807, 2.05) is 27.7 Å². The van der Waals surface area contributed by atoms with Crippen LogP contribution in [0, 0.1) is 0 Å². The quantitative estimate of drug-likeness (QED) is 0.749. The van der Waals surface area contributed by atoms with Gasteiger partial charge in [0.2, 0.25) is 0 Å². The molecule has 0 saturated heterocycles. The van der Waals surface area contributed by atoms with Crippen LogP contribution in [0.5, 0.6) is 0 Å². The van der Waals surface area contributed by atoms with Gasteiger partial charge in [0.1, 0.15) is 10.3 Å². The molecule has 1 heterocycles. The van der Waals surface area contributed by atoms with Crippen molar-refractivity contribution in [3.8, 4) is 0 Å². The highest BCUT2D eigenvalue weighted by atomic mass is 35.5. The first-order valence-electron chi connectivity index (χ1n) is 5.45. The van der Waals surface area contributed by atoms with Crippen molar-refractivity contribution in [2.45, 2.75) is 47.1 Å². The Kier molecular flexibility index (Phi) is 9.93. The summed E-state index contributed by atoms with van der Waals surface area (Å²) in [7, 11) is 0. The number of hydrogen-bond donors (Lipinski definition) is 1. The average Bonchev–Trinajstić information content (AvgIpc) is 2.21. The van der Waals surface area contributed by atoms with E-state index in [-0.39, 0.29) is 0 Å². The molecule has 0 aromatic carbocycles. The number of halogens is 2. The first-order chi connectivity index (χ1) is 7.39. The third-order valence-corrected chi connectivity index (χ3v) is 1.86. The first-order valence-corrected chi connectivity index (χ1v) is 6.21. The highest BCUT2D eigenvalue weighted by Gasteiger charge is 2.17. The van der Waals surface area contributed by atoms with Gasteiger partial charge in [0.05, 0.1) is 5.60 Å². The lowest BCUT2D eigenvalue weighted by atomic mass is 10.0. The lowest BCUT2D eigenvalue weighted by Crippen LogP contribution is -2.15.